The second-order valence-corrected chi connectivity index (χ2v) is 8.29. The number of nitrogens with one attached hydrogen (secondary N) is 3. The molecule has 10 nitrogen and oxygen atoms in total. The second-order valence-electron chi connectivity index (χ2n) is 8.29. The van der Waals surface area contributed by atoms with Crippen molar-refractivity contribution in [1.29, 1.82) is 0 Å². The lowest BCUT2D eigenvalue weighted by Crippen LogP contribution is -2.37. The number of fused-ring (bicyclic) bond motifs is 2. The van der Waals surface area contributed by atoms with Crippen molar-refractivity contribution in [1.82, 2.24) is 9.97 Å². The van der Waals surface area contributed by atoms with E-state index in [4.69, 9.17) is 4.74 Å². The normalized spacial score (nSPS) is 13.9. The number of hydrogen-bond acceptors (Lipinski definition) is 8. The number of aromatic nitrogens is 2. The molecule has 2 amide bonds. The molecule has 0 bridgehead atoms. The number of carbonyl (C=O) groups excluding carboxylic acids is 3. The Morgan fingerprint density at radius 3 is 2.74 bits per heavy atom. The van der Waals surface area contributed by atoms with E-state index in [1.165, 1.54) is 13.1 Å². The van der Waals surface area contributed by atoms with E-state index < -0.39 is 0 Å². The molecule has 0 atom stereocenters. The van der Waals surface area contributed by atoms with Crippen LogP contribution >= 0.6 is 0 Å². The molecule has 35 heavy (non-hydrogen) atoms. The first-order valence-electron chi connectivity index (χ1n) is 11.3. The van der Waals surface area contributed by atoms with Crippen LogP contribution in [0, 0.1) is 0 Å². The van der Waals surface area contributed by atoms with Gasteiger partial charge in [-0.05, 0) is 48.9 Å². The lowest BCUT2D eigenvalue weighted by atomic mass is 10.1. The highest BCUT2D eigenvalue weighted by atomic mass is 16.5. The number of carbonyl (C=O) groups is 3. The third-order valence-electron chi connectivity index (χ3n) is 5.84. The average Bonchev–Trinajstić information content (AvgIpc) is 3.22. The molecule has 0 unspecified atom stereocenters. The van der Waals surface area contributed by atoms with Crippen LogP contribution in [0.2, 0.25) is 0 Å². The monoisotopic (exact) mass is 472 g/mol. The van der Waals surface area contributed by atoms with E-state index in [-0.39, 0.29) is 17.6 Å². The van der Waals surface area contributed by atoms with Crippen LogP contribution < -0.4 is 25.6 Å². The molecule has 0 saturated carbocycles. The minimum absolute atomic E-state index is 0.0101. The number of benzene rings is 2. The van der Waals surface area contributed by atoms with Crippen molar-refractivity contribution in [3.8, 4) is 5.75 Å². The maximum Gasteiger partial charge on any atom is 0.229 e. The zero-order valence-corrected chi connectivity index (χ0v) is 19.3. The summed E-state index contributed by atoms with van der Waals surface area (Å²) in [5, 5.41) is 9.13. The number of ketones is 1. The van der Waals surface area contributed by atoms with Crippen molar-refractivity contribution in [3.05, 3.63) is 53.7 Å². The minimum atomic E-state index is -0.190. The van der Waals surface area contributed by atoms with Gasteiger partial charge in [-0.2, -0.15) is 4.98 Å². The van der Waals surface area contributed by atoms with E-state index in [0.717, 1.165) is 16.9 Å². The van der Waals surface area contributed by atoms with Gasteiger partial charge in [0.2, 0.25) is 17.8 Å². The molecule has 0 saturated heterocycles. The Bertz CT molecular complexity index is 1360. The molecule has 3 aromatic rings. The van der Waals surface area contributed by atoms with Crippen molar-refractivity contribution in [2.45, 2.75) is 26.7 Å². The fourth-order valence-electron chi connectivity index (χ4n) is 4.11. The molecule has 10 heteroatoms. The van der Waals surface area contributed by atoms with Crippen molar-refractivity contribution < 1.29 is 19.1 Å². The van der Waals surface area contributed by atoms with Gasteiger partial charge in [0.1, 0.15) is 18.2 Å². The van der Waals surface area contributed by atoms with Gasteiger partial charge in [0.05, 0.1) is 24.2 Å². The van der Waals surface area contributed by atoms with Crippen LogP contribution in [-0.2, 0) is 16.0 Å². The predicted octanol–water partition coefficient (Wildman–Crippen LogP) is 3.80. The molecule has 1 aromatic heterocycles. The molecule has 3 heterocycles. The van der Waals surface area contributed by atoms with Crippen molar-refractivity contribution in [2.75, 3.05) is 34.0 Å². The zero-order valence-electron chi connectivity index (χ0n) is 19.3. The van der Waals surface area contributed by atoms with Gasteiger partial charge < -0.3 is 25.6 Å². The largest absolute Gasteiger partial charge is 0.490 e. The first-order valence-corrected chi connectivity index (χ1v) is 11.3. The van der Waals surface area contributed by atoms with Gasteiger partial charge in [-0.25, -0.2) is 4.98 Å². The van der Waals surface area contributed by atoms with E-state index in [2.05, 4.69) is 25.9 Å². The summed E-state index contributed by atoms with van der Waals surface area (Å²) in [7, 11) is 0. The molecule has 0 radical (unpaired) electrons. The molecule has 2 aliphatic heterocycles. The molecule has 0 spiro atoms. The summed E-state index contributed by atoms with van der Waals surface area (Å²) in [4.78, 5) is 46.8. The molecular weight excluding hydrogens is 448 g/mol. The highest BCUT2D eigenvalue weighted by molar-refractivity contribution is 6.00. The van der Waals surface area contributed by atoms with Crippen LogP contribution in [0.1, 0.15) is 36.2 Å². The van der Waals surface area contributed by atoms with Gasteiger partial charge in [-0.15, -0.1) is 0 Å². The Morgan fingerprint density at radius 2 is 1.94 bits per heavy atom. The number of anilines is 6. The molecule has 2 aliphatic rings. The quantitative estimate of drug-likeness (QED) is 0.463. The van der Waals surface area contributed by atoms with Crippen LogP contribution in [0.4, 0.5) is 34.5 Å². The summed E-state index contributed by atoms with van der Waals surface area (Å²) in [5.74, 6) is 1.03. The molecule has 5 rings (SSSR count). The smallest absolute Gasteiger partial charge is 0.229 e. The highest BCUT2D eigenvalue weighted by Gasteiger charge is 2.23. The lowest BCUT2D eigenvalue weighted by molar-refractivity contribution is -0.118. The summed E-state index contributed by atoms with van der Waals surface area (Å²) in [6.45, 7) is 4.19. The number of rotatable bonds is 6. The van der Waals surface area contributed by atoms with E-state index >= 15 is 0 Å². The Hall–Kier alpha value is -4.47. The van der Waals surface area contributed by atoms with Crippen LogP contribution in [-0.4, -0.2) is 40.7 Å². The van der Waals surface area contributed by atoms with Crippen LogP contribution in [0.5, 0.6) is 5.75 Å². The van der Waals surface area contributed by atoms with E-state index in [9.17, 15) is 14.4 Å². The maximum atomic E-state index is 12.4. The Morgan fingerprint density at radius 1 is 1.14 bits per heavy atom. The number of Topliss-reactive ketones (excluding diaryl/α,β-unsaturated/α-hetero) is 1. The summed E-state index contributed by atoms with van der Waals surface area (Å²) in [5.41, 5.74) is 4.06. The van der Waals surface area contributed by atoms with Gasteiger partial charge in [-0.3, -0.25) is 14.4 Å². The second kappa shape index (κ2) is 9.05. The average molecular weight is 473 g/mol. The SMILES string of the molecule is CCC(=O)N1CCOc2ccc(Nc3nc(Nc4ccc5c(c4)CC(=O)N5)ncc3C(C)=O)cc21. The number of ether oxygens (including phenoxy) is 1. The van der Waals surface area contributed by atoms with E-state index in [1.807, 2.05) is 37.3 Å². The fraction of sp³-hybridized carbons (Fsp3) is 0.240. The fourth-order valence-corrected chi connectivity index (χ4v) is 4.11. The van der Waals surface area contributed by atoms with Crippen molar-refractivity contribution in [2.24, 2.45) is 0 Å². The maximum absolute atomic E-state index is 12.4. The Balaban J connectivity index is 1.43. The van der Waals surface area contributed by atoms with Gasteiger partial charge in [0.25, 0.3) is 0 Å². The molecule has 3 N–H and O–H groups in total. The first kappa shape index (κ1) is 22.3. The number of hydrogen-bond donors (Lipinski definition) is 3. The third kappa shape index (κ3) is 4.50. The number of nitrogens with zero attached hydrogens (tertiary/aromatic N) is 3. The van der Waals surface area contributed by atoms with E-state index in [0.29, 0.717) is 60.4 Å². The van der Waals surface area contributed by atoms with Gasteiger partial charge in [0, 0.05) is 29.7 Å². The van der Waals surface area contributed by atoms with Crippen LogP contribution in [0.3, 0.4) is 0 Å². The third-order valence-corrected chi connectivity index (χ3v) is 5.84. The van der Waals surface area contributed by atoms with Crippen LogP contribution in [0.15, 0.2) is 42.6 Å². The summed E-state index contributed by atoms with van der Waals surface area (Å²) in [6, 6.07) is 10.9. The molecular formula is C25H24N6O4. The van der Waals surface area contributed by atoms with E-state index in [1.54, 1.807) is 11.0 Å². The summed E-state index contributed by atoms with van der Waals surface area (Å²) in [6.07, 6.45) is 2.17. The standard InChI is InChI=1S/C25H24N6O4/c1-3-23(34)31-8-9-35-21-7-5-17(12-20(21)31)27-24-18(14(2)32)13-26-25(30-24)28-16-4-6-19-15(10-16)11-22(33)29-19/h4-7,10,12-13H,3,8-9,11H2,1-2H3,(H,29,33)(H2,26,27,28,30). The van der Waals surface area contributed by atoms with Gasteiger partial charge >= 0.3 is 0 Å². The molecule has 0 fully saturated rings. The predicted molar refractivity (Wildman–Crippen MR) is 132 cm³/mol. The molecule has 0 aliphatic carbocycles. The van der Waals surface area contributed by atoms with Gasteiger partial charge in [0.15, 0.2) is 5.78 Å². The van der Waals surface area contributed by atoms with Crippen molar-refractivity contribution in [3.63, 3.8) is 0 Å². The summed E-state index contributed by atoms with van der Waals surface area (Å²) < 4.78 is 5.70. The Labute approximate surface area is 201 Å². The zero-order chi connectivity index (χ0) is 24.5. The Kier molecular flexibility index (Phi) is 5.77. The lowest BCUT2D eigenvalue weighted by Gasteiger charge is -2.29. The van der Waals surface area contributed by atoms with Crippen LogP contribution in [0.25, 0.3) is 0 Å². The topological polar surface area (TPSA) is 126 Å². The molecule has 2 aromatic carbocycles. The number of amides is 2. The van der Waals surface area contributed by atoms with Crippen molar-refractivity contribution >= 4 is 52.1 Å². The summed E-state index contributed by atoms with van der Waals surface area (Å²) >= 11 is 0. The first-order chi connectivity index (χ1) is 16.9. The van der Waals surface area contributed by atoms with Gasteiger partial charge in [-0.1, -0.05) is 6.92 Å². The highest BCUT2D eigenvalue weighted by Crippen LogP contribution is 2.36. The minimum Gasteiger partial charge on any atom is -0.490 e. The molecule has 178 valence electrons.